The van der Waals surface area contributed by atoms with E-state index in [1.807, 2.05) is 41.3 Å². The number of ether oxygens (including phenoxy) is 2. The molecule has 2 aliphatic rings. The number of carbonyl (C=O) groups excluding carboxylic acids is 1. The summed E-state index contributed by atoms with van der Waals surface area (Å²) >= 11 is 0. The summed E-state index contributed by atoms with van der Waals surface area (Å²) in [6.45, 7) is 3.09. The zero-order chi connectivity index (χ0) is 16.4. The van der Waals surface area contributed by atoms with Crippen LogP contribution >= 0.6 is 0 Å². The van der Waals surface area contributed by atoms with E-state index >= 15 is 0 Å². The predicted octanol–water partition coefficient (Wildman–Crippen LogP) is 1.46. The van der Waals surface area contributed by atoms with Gasteiger partial charge in [-0.15, -0.1) is 0 Å². The minimum absolute atomic E-state index is 0.0195. The lowest BCUT2D eigenvalue weighted by Crippen LogP contribution is -2.40. The third kappa shape index (κ3) is 3.16. The van der Waals surface area contributed by atoms with Gasteiger partial charge in [0.05, 0.1) is 19.8 Å². The highest BCUT2D eigenvalue weighted by Crippen LogP contribution is 2.24. The summed E-state index contributed by atoms with van der Waals surface area (Å²) in [5.41, 5.74) is 3.01. The maximum absolute atomic E-state index is 12.6. The van der Waals surface area contributed by atoms with Crippen LogP contribution in [0.25, 0.3) is 0 Å². The maximum Gasteiger partial charge on any atom is 0.309 e. The third-order valence-electron chi connectivity index (χ3n) is 4.31. The van der Waals surface area contributed by atoms with Crippen molar-refractivity contribution in [3.63, 3.8) is 0 Å². The molecule has 1 fully saturated rings. The Morgan fingerprint density at radius 3 is 2.79 bits per heavy atom. The molecule has 122 valence electrons. The van der Waals surface area contributed by atoms with Crippen molar-refractivity contribution in [1.29, 1.82) is 0 Å². The molecule has 0 bridgehead atoms. The third-order valence-corrected chi connectivity index (χ3v) is 4.31. The lowest BCUT2D eigenvalue weighted by atomic mass is 9.87. The SMILES string of the molecule is O=C(c1cccc(Oc2ccc3c(c2)COB3)c1)N1CCOCC1. The van der Waals surface area contributed by atoms with Gasteiger partial charge in [-0.2, -0.15) is 0 Å². The Hall–Kier alpha value is -2.31. The van der Waals surface area contributed by atoms with E-state index in [1.54, 1.807) is 6.07 Å². The molecule has 1 amide bonds. The molecular formula is C18H18BNO4. The molecule has 0 radical (unpaired) electrons. The van der Waals surface area contributed by atoms with Gasteiger partial charge in [-0.1, -0.05) is 12.1 Å². The highest BCUT2D eigenvalue weighted by molar-refractivity contribution is 6.48. The molecular weight excluding hydrogens is 305 g/mol. The van der Waals surface area contributed by atoms with E-state index in [0.717, 1.165) is 11.3 Å². The first-order valence-electron chi connectivity index (χ1n) is 8.14. The molecule has 4 rings (SSSR count). The number of hydrogen-bond acceptors (Lipinski definition) is 4. The quantitative estimate of drug-likeness (QED) is 0.803. The van der Waals surface area contributed by atoms with E-state index < -0.39 is 0 Å². The fourth-order valence-corrected chi connectivity index (χ4v) is 2.99. The molecule has 2 heterocycles. The number of carbonyl (C=O) groups is 1. The van der Waals surface area contributed by atoms with Crippen LogP contribution in [0.3, 0.4) is 0 Å². The molecule has 2 aliphatic heterocycles. The second-order valence-electron chi connectivity index (χ2n) is 5.96. The Labute approximate surface area is 141 Å². The van der Waals surface area contributed by atoms with Crippen LogP contribution in [0.1, 0.15) is 15.9 Å². The summed E-state index contributed by atoms with van der Waals surface area (Å²) in [6, 6.07) is 13.3. The zero-order valence-electron chi connectivity index (χ0n) is 13.4. The van der Waals surface area contributed by atoms with E-state index in [4.69, 9.17) is 14.1 Å². The van der Waals surface area contributed by atoms with E-state index in [1.165, 1.54) is 5.46 Å². The van der Waals surface area contributed by atoms with E-state index in [2.05, 4.69) is 0 Å². The highest BCUT2D eigenvalue weighted by atomic mass is 16.5. The molecule has 24 heavy (non-hydrogen) atoms. The van der Waals surface area contributed by atoms with Gasteiger partial charge in [0, 0.05) is 18.7 Å². The van der Waals surface area contributed by atoms with Gasteiger partial charge < -0.3 is 19.0 Å². The molecule has 0 saturated carbocycles. The average Bonchev–Trinajstić information content (AvgIpc) is 3.10. The number of nitrogens with zero attached hydrogens (tertiary/aromatic N) is 1. The first-order chi connectivity index (χ1) is 11.8. The standard InChI is InChI=1S/C18H18BNO4/c21-18(20-6-8-22-9-7-20)13-2-1-3-15(10-13)24-16-4-5-17-14(11-16)12-23-19-17/h1-5,10-11,19H,6-9,12H2. The smallest absolute Gasteiger partial charge is 0.309 e. The lowest BCUT2D eigenvalue weighted by molar-refractivity contribution is 0.0302. The number of morpholine rings is 1. The first kappa shape index (κ1) is 15.2. The van der Waals surface area contributed by atoms with Crippen LogP contribution < -0.4 is 10.2 Å². The Balaban J connectivity index is 1.51. The molecule has 0 aromatic heterocycles. The number of benzene rings is 2. The van der Waals surface area contributed by atoms with Crippen molar-refractivity contribution in [1.82, 2.24) is 4.90 Å². The summed E-state index contributed by atoms with van der Waals surface area (Å²) in [4.78, 5) is 14.4. The van der Waals surface area contributed by atoms with Gasteiger partial charge in [0.15, 0.2) is 0 Å². The predicted molar refractivity (Wildman–Crippen MR) is 91.3 cm³/mol. The minimum atomic E-state index is 0.0195. The molecule has 0 spiro atoms. The first-order valence-corrected chi connectivity index (χ1v) is 8.14. The van der Waals surface area contributed by atoms with Crippen molar-refractivity contribution < 1.29 is 18.9 Å². The molecule has 0 N–H and O–H groups in total. The van der Waals surface area contributed by atoms with Crippen molar-refractivity contribution in [3.8, 4) is 11.5 Å². The molecule has 6 heteroatoms. The van der Waals surface area contributed by atoms with E-state index in [9.17, 15) is 4.79 Å². The number of rotatable bonds is 3. The molecule has 2 aromatic rings. The Bertz CT molecular complexity index is 758. The van der Waals surface area contributed by atoms with E-state index in [0.29, 0.717) is 51.7 Å². The van der Waals surface area contributed by atoms with Crippen molar-refractivity contribution in [3.05, 3.63) is 53.6 Å². The maximum atomic E-state index is 12.6. The van der Waals surface area contributed by atoms with Crippen molar-refractivity contribution >= 4 is 18.9 Å². The fraction of sp³-hybridized carbons (Fsp3) is 0.278. The van der Waals surface area contributed by atoms with Crippen molar-refractivity contribution in [2.75, 3.05) is 26.3 Å². The largest absolute Gasteiger partial charge is 0.457 e. The van der Waals surface area contributed by atoms with Gasteiger partial charge in [0.25, 0.3) is 5.91 Å². The molecule has 0 atom stereocenters. The molecule has 0 aliphatic carbocycles. The van der Waals surface area contributed by atoms with Crippen LogP contribution in [0.5, 0.6) is 11.5 Å². The van der Waals surface area contributed by atoms with Crippen LogP contribution in [-0.2, 0) is 16.0 Å². The van der Waals surface area contributed by atoms with Gasteiger partial charge in [-0.3, -0.25) is 4.79 Å². The number of amides is 1. The fourth-order valence-electron chi connectivity index (χ4n) is 2.99. The second kappa shape index (κ2) is 6.67. The van der Waals surface area contributed by atoms with Gasteiger partial charge in [-0.25, -0.2) is 0 Å². The zero-order valence-corrected chi connectivity index (χ0v) is 13.4. The van der Waals surface area contributed by atoms with Crippen molar-refractivity contribution in [2.24, 2.45) is 0 Å². The van der Waals surface area contributed by atoms with Crippen LogP contribution in [0.4, 0.5) is 0 Å². The monoisotopic (exact) mass is 323 g/mol. The minimum Gasteiger partial charge on any atom is -0.457 e. The van der Waals surface area contributed by atoms with Gasteiger partial charge >= 0.3 is 7.48 Å². The summed E-state index contributed by atoms with van der Waals surface area (Å²) in [6.07, 6.45) is 0. The lowest BCUT2D eigenvalue weighted by Gasteiger charge is -2.27. The summed E-state index contributed by atoms with van der Waals surface area (Å²) in [7, 11) is 0.666. The number of hydrogen-bond donors (Lipinski definition) is 0. The van der Waals surface area contributed by atoms with Crippen molar-refractivity contribution in [2.45, 2.75) is 6.61 Å². The van der Waals surface area contributed by atoms with E-state index in [-0.39, 0.29) is 5.91 Å². The Morgan fingerprint density at radius 1 is 1.08 bits per heavy atom. The molecule has 2 aromatic carbocycles. The average molecular weight is 323 g/mol. The Kier molecular flexibility index (Phi) is 4.23. The van der Waals surface area contributed by atoms with Gasteiger partial charge in [0.1, 0.15) is 11.5 Å². The molecule has 1 saturated heterocycles. The van der Waals surface area contributed by atoms with Crippen LogP contribution in [0, 0.1) is 0 Å². The topological polar surface area (TPSA) is 48.0 Å². The van der Waals surface area contributed by atoms with Crippen LogP contribution in [0.15, 0.2) is 42.5 Å². The second-order valence-corrected chi connectivity index (χ2v) is 5.96. The molecule has 5 nitrogen and oxygen atoms in total. The molecule has 0 unspecified atom stereocenters. The normalized spacial score (nSPS) is 16.4. The summed E-state index contributed by atoms with van der Waals surface area (Å²) in [5, 5.41) is 0. The van der Waals surface area contributed by atoms with Gasteiger partial charge in [-0.05, 0) is 41.4 Å². The highest BCUT2D eigenvalue weighted by Gasteiger charge is 2.19. The number of fused-ring (bicyclic) bond motifs is 1. The van der Waals surface area contributed by atoms with Crippen LogP contribution in [-0.4, -0.2) is 44.6 Å². The summed E-state index contributed by atoms with van der Waals surface area (Å²) < 4.78 is 16.6. The van der Waals surface area contributed by atoms with Crippen LogP contribution in [0.2, 0.25) is 0 Å². The summed E-state index contributed by atoms with van der Waals surface area (Å²) in [5.74, 6) is 1.44. The Morgan fingerprint density at radius 2 is 1.92 bits per heavy atom. The van der Waals surface area contributed by atoms with Gasteiger partial charge in [0.2, 0.25) is 0 Å².